The smallest absolute Gasteiger partial charge is 0.0177 e. The summed E-state index contributed by atoms with van der Waals surface area (Å²) in [5.41, 5.74) is 22.4. The molecule has 0 bridgehead atoms. The molecule has 0 aliphatic rings. The monoisotopic (exact) mass is 174 g/mol. The first-order valence-corrected chi connectivity index (χ1v) is 4.53. The molecule has 0 aromatic rings. The summed E-state index contributed by atoms with van der Waals surface area (Å²) < 4.78 is 0. The Balaban J connectivity index is 3.39. The minimum atomic E-state index is 0.0353. The molecule has 0 fully saturated rings. The van der Waals surface area contributed by atoms with Crippen LogP contribution in [0, 0.1) is 0 Å². The lowest BCUT2D eigenvalue weighted by Gasteiger charge is -2.16. The predicted molar refractivity (Wildman–Crippen MR) is 52.5 cm³/mol. The van der Waals surface area contributed by atoms with Crippen LogP contribution in [0.5, 0.6) is 0 Å². The molecule has 0 amide bonds. The van der Waals surface area contributed by atoms with Gasteiger partial charge in [0.05, 0.1) is 0 Å². The zero-order chi connectivity index (χ0) is 9.56. The molecule has 0 spiro atoms. The lowest BCUT2D eigenvalue weighted by atomic mass is 10.0. The molecule has 4 heteroatoms. The number of nitrogens with two attached hydrogens (primary N) is 4. The van der Waals surface area contributed by atoms with E-state index in [-0.39, 0.29) is 18.1 Å². The largest absolute Gasteiger partial charge is 0.329 e. The minimum Gasteiger partial charge on any atom is -0.329 e. The van der Waals surface area contributed by atoms with Crippen LogP contribution in [0.2, 0.25) is 0 Å². The van der Waals surface area contributed by atoms with Crippen LogP contribution >= 0.6 is 0 Å². The zero-order valence-corrected chi connectivity index (χ0v) is 7.87. The van der Waals surface area contributed by atoms with Crippen molar-refractivity contribution in [1.29, 1.82) is 0 Å². The first-order chi connectivity index (χ1) is 5.56. The second-order valence-corrected chi connectivity index (χ2v) is 3.55. The van der Waals surface area contributed by atoms with Gasteiger partial charge in [-0.1, -0.05) is 0 Å². The minimum absolute atomic E-state index is 0.0353. The third-order valence-electron chi connectivity index (χ3n) is 1.90. The fourth-order valence-electron chi connectivity index (χ4n) is 1.08. The first kappa shape index (κ1) is 11.8. The van der Waals surface area contributed by atoms with Gasteiger partial charge in [-0.25, -0.2) is 0 Å². The summed E-state index contributed by atoms with van der Waals surface area (Å²) in [5.74, 6) is 0. The third-order valence-corrected chi connectivity index (χ3v) is 1.90. The Hall–Kier alpha value is -0.160. The fourth-order valence-corrected chi connectivity index (χ4v) is 1.08. The maximum atomic E-state index is 5.81. The van der Waals surface area contributed by atoms with Gasteiger partial charge in [-0.05, 0) is 26.2 Å². The second kappa shape index (κ2) is 6.37. The highest BCUT2D eigenvalue weighted by atomic mass is 14.7. The van der Waals surface area contributed by atoms with E-state index in [2.05, 4.69) is 0 Å². The first-order valence-electron chi connectivity index (χ1n) is 4.53. The Bertz CT molecular complexity index is 105. The second-order valence-electron chi connectivity index (χ2n) is 3.55. The molecular formula is C8H22N4. The zero-order valence-electron chi connectivity index (χ0n) is 7.87. The van der Waals surface area contributed by atoms with Crippen molar-refractivity contribution >= 4 is 0 Å². The number of hydrogen-bond acceptors (Lipinski definition) is 4. The van der Waals surface area contributed by atoms with Crippen LogP contribution in [0.25, 0.3) is 0 Å². The normalized spacial score (nSPS) is 18.8. The molecule has 0 radical (unpaired) electrons. The Labute approximate surface area is 74.7 Å². The van der Waals surface area contributed by atoms with Gasteiger partial charge >= 0.3 is 0 Å². The molecule has 0 rings (SSSR count). The van der Waals surface area contributed by atoms with Gasteiger partial charge in [0, 0.05) is 24.7 Å². The topological polar surface area (TPSA) is 104 Å². The van der Waals surface area contributed by atoms with Crippen LogP contribution in [0.15, 0.2) is 0 Å². The van der Waals surface area contributed by atoms with E-state index < -0.39 is 0 Å². The van der Waals surface area contributed by atoms with Crippen LogP contribution in [0.1, 0.15) is 26.2 Å². The van der Waals surface area contributed by atoms with Gasteiger partial charge in [0.1, 0.15) is 0 Å². The van der Waals surface area contributed by atoms with Gasteiger partial charge < -0.3 is 22.9 Å². The quantitative estimate of drug-likeness (QED) is 0.419. The number of rotatable bonds is 6. The maximum absolute atomic E-state index is 5.81. The summed E-state index contributed by atoms with van der Waals surface area (Å²) in [6, 6.07) is 0.410. The van der Waals surface area contributed by atoms with Crippen molar-refractivity contribution < 1.29 is 0 Å². The van der Waals surface area contributed by atoms with E-state index in [1.165, 1.54) is 0 Å². The van der Waals surface area contributed by atoms with Crippen molar-refractivity contribution in [3.63, 3.8) is 0 Å². The lowest BCUT2D eigenvalue weighted by molar-refractivity contribution is 0.471. The maximum Gasteiger partial charge on any atom is 0.0177 e. The fraction of sp³-hybridized carbons (Fsp3) is 1.00. The Morgan fingerprint density at radius 1 is 1.00 bits per heavy atom. The lowest BCUT2D eigenvalue weighted by Crippen LogP contribution is -2.37. The third kappa shape index (κ3) is 6.54. The average molecular weight is 174 g/mol. The van der Waals surface area contributed by atoms with E-state index in [1.807, 2.05) is 6.92 Å². The van der Waals surface area contributed by atoms with Crippen molar-refractivity contribution in [3.8, 4) is 0 Å². The van der Waals surface area contributed by atoms with Gasteiger partial charge in [-0.2, -0.15) is 0 Å². The summed E-state index contributed by atoms with van der Waals surface area (Å²) in [4.78, 5) is 0. The molecule has 12 heavy (non-hydrogen) atoms. The summed E-state index contributed by atoms with van der Waals surface area (Å²) >= 11 is 0. The molecule has 0 aliphatic heterocycles. The summed E-state index contributed by atoms with van der Waals surface area (Å²) in [5, 5.41) is 0. The van der Waals surface area contributed by atoms with Gasteiger partial charge in [0.2, 0.25) is 0 Å². The van der Waals surface area contributed by atoms with Crippen LogP contribution in [0.4, 0.5) is 0 Å². The Kier molecular flexibility index (Phi) is 6.28. The highest BCUT2D eigenvalue weighted by Gasteiger charge is 2.08. The van der Waals surface area contributed by atoms with E-state index in [0.717, 1.165) is 19.3 Å². The molecule has 0 aliphatic carbocycles. The molecule has 0 aromatic heterocycles. The van der Waals surface area contributed by atoms with E-state index in [9.17, 15) is 0 Å². The van der Waals surface area contributed by atoms with Crippen molar-refractivity contribution in [2.75, 3.05) is 6.54 Å². The molecule has 0 saturated carbocycles. The van der Waals surface area contributed by atoms with Crippen molar-refractivity contribution in [2.45, 2.75) is 44.3 Å². The molecule has 4 nitrogen and oxygen atoms in total. The van der Waals surface area contributed by atoms with Crippen LogP contribution in [-0.4, -0.2) is 24.7 Å². The van der Waals surface area contributed by atoms with Gasteiger partial charge in [-0.3, -0.25) is 0 Å². The van der Waals surface area contributed by atoms with Crippen LogP contribution in [0.3, 0.4) is 0 Å². The molecule has 0 aromatic carbocycles. The van der Waals surface area contributed by atoms with E-state index in [4.69, 9.17) is 22.9 Å². The van der Waals surface area contributed by atoms with Crippen molar-refractivity contribution in [1.82, 2.24) is 0 Å². The summed E-state index contributed by atoms with van der Waals surface area (Å²) in [6.07, 6.45) is 2.69. The molecule has 3 atom stereocenters. The number of hydrogen-bond donors (Lipinski definition) is 4. The highest BCUT2D eigenvalue weighted by Crippen LogP contribution is 2.02. The van der Waals surface area contributed by atoms with Crippen molar-refractivity contribution in [3.05, 3.63) is 0 Å². The SMILES string of the molecule is CC(N)CCC(N)CC(N)CN. The van der Waals surface area contributed by atoms with Crippen LogP contribution < -0.4 is 22.9 Å². The van der Waals surface area contributed by atoms with Gasteiger partial charge in [0.25, 0.3) is 0 Å². The van der Waals surface area contributed by atoms with E-state index >= 15 is 0 Å². The molecular weight excluding hydrogens is 152 g/mol. The Morgan fingerprint density at radius 3 is 2.00 bits per heavy atom. The van der Waals surface area contributed by atoms with Gasteiger partial charge in [0.15, 0.2) is 0 Å². The highest BCUT2D eigenvalue weighted by molar-refractivity contribution is 4.72. The molecule has 3 unspecified atom stereocenters. The van der Waals surface area contributed by atoms with Crippen molar-refractivity contribution in [2.24, 2.45) is 22.9 Å². The average Bonchev–Trinajstić information content (AvgIpc) is 2.00. The molecule has 74 valence electrons. The molecule has 8 N–H and O–H groups in total. The summed E-state index contributed by atoms with van der Waals surface area (Å²) in [6.45, 7) is 2.49. The molecule has 0 heterocycles. The Morgan fingerprint density at radius 2 is 1.58 bits per heavy atom. The summed E-state index contributed by atoms with van der Waals surface area (Å²) in [7, 11) is 0. The van der Waals surface area contributed by atoms with Crippen LogP contribution in [-0.2, 0) is 0 Å². The predicted octanol–water partition coefficient (Wildman–Crippen LogP) is -0.883. The molecule has 0 saturated heterocycles. The van der Waals surface area contributed by atoms with E-state index in [1.54, 1.807) is 0 Å². The van der Waals surface area contributed by atoms with Gasteiger partial charge in [-0.15, -0.1) is 0 Å². The standard InChI is InChI=1S/C8H22N4/c1-6(10)2-3-7(11)4-8(12)5-9/h6-8H,2-5,9-12H2,1H3. The van der Waals surface area contributed by atoms with E-state index in [0.29, 0.717) is 6.54 Å².